The second kappa shape index (κ2) is 6.90. The molecular formula is C20H26N2O3. The fraction of sp³-hybridized carbons (Fsp3) is 0.500. The molecule has 1 amide bonds. The maximum absolute atomic E-state index is 12.7. The van der Waals surface area contributed by atoms with Gasteiger partial charge in [0, 0.05) is 30.4 Å². The molecule has 0 saturated carbocycles. The molecule has 1 unspecified atom stereocenters. The maximum atomic E-state index is 12.7. The average molecular weight is 342 g/mol. The number of oxazole rings is 1. The summed E-state index contributed by atoms with van der Waals surface area (Å²) in [6.45, 7) is 9.36. The standard InChI is InChI=1S/C20H26N2O3/c1-14-13-24-16-8-6-5-7-15(16)12-22(14)19(23)10-9-18-21-11-17(25-18)20(2,3)4/h5-8,11,14H,9-10,12-13H2,1-4H3. The lowest BCUT2D eigenvalue weighted by Gasteiger charge is -2.26. The summed E-state index contributed by atoms with van der Waals surface area (Å²) in [5, 5.41) is 0. The van der Waals surface area contributed by atoms with Crippen molar-refractivity contribution in [1.82, 2.24) is 9.88 Å². The van der Waals surface area contributed by atoms with Gasteiger partial charge in [0.05, 0.1) is 12.2 Å². The van der Waals surface area contributed by atoms with Gasteiger partial charge >= 0.3 is 0 Å². The Balaban J connectivity index is 1.65. The van der Waals surface area contributed by atoms with Crippen LogP contribution in [-0.2, 0) is 23.2 Å². The predicted octanol–water partition coefficient (Wildman–Crippen LogP) is 3.71. The average Bonchev–Trinajstić information content (AvgIpc) is 2.99. The Morgan fingerprint density at radius 1 is 1.32 bits per heavy atom. The van der Waals surface area contributed by atoms with Crippen LogP contribution in [0.15, 0.2) is 34.9 Å². The molecule has 0 radical (unpaired) electrons. The zero-order valence-corrected chi connectivity index (χ0v) is 15.4. The first kappa shape index (κ1) is 17.5. The largest absolute Gasteiger partial charge is 0.491 e. The van der Waals surface area contributed by atoms with Crippen LogP contribution < -0.4 is 4.74 Å². The number of aryl methyl sites for hydroxylation is 1. The summed E-state index contributed by atoms with van der Waals surface area (Å²) in [5.41, 5.74) is 0.974. The summed E-state index contributed by atoms with van der Waals surface area (Å²) in [7, 11) is 0. The zero-order chi connectivity index (χ0) is 18.0. The van der Waals surface area contributed by atoms with Crippen molar-refractivity contribution in [1.29, 1.82) is 0 Å². The minimum Gasteiger partial charge on any atom is -0.491 e. The number of carbonyl (C=O) groups is 1. The van der Waals surface area contributed by atoms with Crippen LogP contribution in [0, 0.1) is 0 Å². The molecule has 0 saturated heterocycles. The highest BCUT2D eigenvalue weighted by Crippen LogP contribution is 2.26. The Morgan fingerprint density at radius 3 is 2.80 bits per heavy atom. The third kappa shape index (κ3) is 4.03. The third-order valence-corrected chi connectivity index (χ3v) is 4.49. The molecule has 134 valence electrons. The van der Waals surface area contributed by atoms with E-state index in [-0.39, 0.29) is 17.4 Å². The fourth-order valence-corrected chi connectivity index (χ4v) is 2.88. The molecule has 1 atom stereocenters. The number of hydrogen-bond acceptors (Lipinski definition) is 4. The van der Waals surface area contributed by atoms with E-state index in [0.717, 1.165) is 17.1 Å². The van der Waals surface area contributed by atoms with Gasteiger partial charge in [0.15, 0.2) is 5.89 Å². The normalized spacial score (nSPS) is 17.6. The topological polar surface area (TPSA) is 55.6 Å². The van der Waals surface area contributed by atoms with Gasteiger partial charge < -0.3 is 14.1 Å². The first-order valence-electron chi connectivity index (χ1n) is 8.80. The lowest BCUT2D eigenvalue weighted by Crippen LogP contribution is -2.39. The van der Waals surface area contributed by atoms with Crippen molar-refractivity contribution in [3.8, 4) is 5.75 Å². The zero-order valence-electron chi connectivity index (χ0n) is 15.4. The van der Waals surface area contributed by atoms with Crippen molar-refractivity contribution in [2.75, 3.05) is 6.61 Å². The second-order valence-electron chi connectivity index (χ2n) is 7.66. The van der Waals surface area contributed by atoms with Crippen LogP contribution in [0.2, 0.25) is 0 Å². The third-order valence-electron chi connectivity index (χ3n) is 4.49. The number of rotatable bonds is 3. The second-order valence-corrected chi connectivity index (χ2v) is 7.66. The van der Waals surface area contributed by atoms with E-state index in [0.29, 0.717) is 31.9 Å². The summed E-state index contributed by atoms with van der Waals surface area (Å²) in [4.78, 5) is 18.9. The highest BCUT2D eigenvalue weighted by atomic mass is 16.5. The van der Waals surface area contributed by atoms with Gasteiger partial charge in [0.2, 0.25) is 5.91 Å². The van der Waals surface area contributed by atoms with Gasteiger partial charge in [0.1, 0.15) is 18.1 Å². The van der Waals surface area contributed by atoms with E-state index in [1.54, 1.807) is 6.20 Å². The van der Waals surface area contributed by atoms with Gasteiger partial charge in [-0.2, -0.15) is 0 Å². The van der Waals surface area contributed by atoms with Gasteiger partial charge in [0.25, 0.3) is 0 Å². The molecule has 25 heavy (non-hydrogen) atoms. The van der Waals surface area contributed by atoms with Crippen molar-refractivity contribution < 1.29 is 13.9 Å². The van der Waals surface area contributed by atoms with Crippen molar-refractivity contribution in [3.63, 3.8) is 0 Å². The van der Waals surface area contributed by atoms with E-state index in [1.807, 2.05) is 36.1 Å². The number of hydrogen-bond donors (Lipinski definition) is 0. The molecule has 0 bridgehead atoms. The molecule has 5 heteroatoms. The van der Waals surface area contributed by atoms with E-state index in [2.05, 4.69) is 25.8 Å². The molecule has 2 aromatic rings. The number of amides is 1. The molecule has 1 aromatic heterocycles. The molecular weight excluding hydrogens is 316 g/mol. The van der Waals surface area contributed by atoms with Crippen LogP contribution in [0.25, 0.3) is 0 Å². The Hall–Kier alpha value is -2.30. The first-order chi connectivity index (χ1) is 11.8. The molecule has 0 aliphatic carbocycles. The monoisotopic (exact) mass is 342 g/mol. The van der Waals surface area contributed by atoms with Gasteiger partial charge in [-0.1, -0.05) is 39.0 Å². The molecule has 0 fully saturated rings. The Morgan fingerprint density at radius 2 is 2.08 bits per heavy atom. The van der Waals surface area contributed by atoms with Crippen molar-refractivity contribution >= 4 is 5.91 Å². The van der Waals surface area contributed by atoms with Crippen LogP contribution in [-0.4, -0.2) is 28.4 Å². The Labute approximate surface area is 149 Å². The summed E-state index contributed by atoms with van der Waals surface area (Å²) < 4.78 is 11.6. The molecule has 1 aliphatic rings. The summed E-state index contributed by atoms with van der Waals surface area (Å²) in [6, 6.07) is 7.93. The lowest BCUT2D eigenvalue weighted by atomic mass is 9.94. The van der Waals surface area contributed by atoms with Crippen LogP contribution in [0.5, 0.6) is 5.75 Å². The van der Waals surface area contributed by atoms with E-state index < -0.39 is 0 Å². The van der Waals surface area contributed by atoms with E-state index in [1.165, 1.54) is 0 Å². The van der Waals surface area contributed by atoms with E-state index in [4.69, 9.17) is 9.15 Å². The van der Waals surface area contributed by atoms with Crippen LogP contribution in [0.3, 0.4) is 0 Å². The van der Waals surface area contributed by atoms with Crippen LogP contribution in [0.4, 0.5) is 0 Å². The number of benzene rings is 1. The van der Waals surface area contributed by atoms with Gasteiger partial charge in [-0.05, 0) is 13.0 Å². The fourth-order valence-electron chi connectivity index (χ4n) is 2.88. The van der Waals surface area contributed by atoms with Crippen LogP contribution >= 0.6 is 0 Å². The maximum Gasteiger partial charge on any atom is 0.223 e. The summed E-state index contributed by atoms with van der Waals surface area (Å²) in [6.07, 6.45) is 2.66. The van der Waals surface area contributed by atoms with Gasteiger partial charge in [-0.25, -0.2) is 4.98 Å². The highest BCUT2D eigenvalue weighted by Gasteiger charge is 2.26. The van der Waals surface area contributed by atoms with Crippen LogP contribution in [0.1, 0.15) is 51.3 Å². The van der Waals surface area contributed by atoms with Gasteiger partial charge in [-0.15, -0.1) is 0 Å². The number of aromatic nitrogens is 1. The first-order valence-corrected chi connectivity index (χ1v) is 8.80. The van der Waals surface area contributed by atoms with Crippen molar-refractivity contribution in [3.05, 3.63) is 47.7 Å². The van der Waals surface area contributed by atoms with Crippen molar-refractivity contribution in [2.45, 2.75) is 58.5 Å². The lowest BCUT2D eigenvalue weighted by molar-refractivity contribution is -0.134. The summed E-state index contributed by atoms with van der Waals surface area (Å²) >= 11 is 0. The minimum absolute atomic E-state index is 0.0367. The SMILES string of the molecule is CC1COc2ccccc2CN1C(=O)CCc1ncc(C(C)(C)C)o1. The van der Waals surface area contributed by atoms with Gasteiger partial charge in [-0.3, -0.25) is 4.79 Å². The molecule has 2 heterocycles. The Bertz CT molecular complexity index is 745. The minimum atomic E-state index is -0.0738. The molecule has 5 nitrogen and oxygen atoms in total. The van der Waals surface area contributed by atoms with E-state index in [9.17, 15) is 4.79 Å². The summed E-state index contributed by atoms with van der Waals surface area (Å²) in [5.74, 6) is 2.44. The Kier molecular flexibility index (Phi) is 4.84. The van der Waals surface area contributed by atoms with Crippen molar-refractivity contribution in [2.24, 2.45) is 0 Å². The number of para-hydroxylation sites is 1. The molecule has 0 N–H and O–H groups in total. The van der Waals surface area contributed by atoms with E-state index >= 15 is 0 Å². The quantitative estimate of drug-likeness (QED) is 0.853. The molecule has 1 aliphatic heterocycles. The molecule has 1 aromatic carbocycles. The number of fused-ring (bicyclic) bond motifs is 1. The number of carbonyl (C=O) groups excluding carboxylic acids is 1. The predicted molar refractivity (Wildman–Crippen MR) is 95.5 cm³/mol. The smallest absolute Gasteiger partial charge is 0.223 e. The molecule has 3 rings (SSSR count). The number of ether oxygens (including phenoxy) is 1. The number of nitrogens with zero attached hydrogens (tertiary/aromatic N) is 2. The molecule has 0 spiro atoms. The highest BCUT2D eigenvalue weighted by molar-refractivity contribution is 5.77.